The van der Waals surface area contributed by atoms with Crippen LogP contribution in [0.5, 0.6) is 0 Å². The topological polar surface area (TPSA) is 20.3 Å². The predicted molar refractivity (Wildman–Crippen MR) is 56.4 cm³/mol. The van der Waals surface area contributed by atoms with Crippen molar-refractivity contribution in [3.05, 3.63) is 30.3 Å². The van der Waals surface area contributed by atoms with Crippen molar-refractivity contribution in [1.29, 1.82) is 0 Å². The SMILES string of the molecule is CCN(C(=O)C[SeH])c1ccccc1. The molecule has 0 aliphatic heterocycles. The molecular weight excluding hydrogens is 229 g/mol. The van der Waals surface area contributed by atoms with Gasteiger partial charge in [0.1, 0.15) is 0 Å². The molecule has 2 nitrogen and oxygen atoms in total. The van der Waals surface area contributed by atoms with E-state index in [4.69, 9.17) is 0 Å². The molecule has 0 aromatic heterocycles. The van der Waals surface area contributed by atoms with E-state index in [1.807, 2.05) is 37.3 Å². The van der Waals surface area contributed by atoms with Crippen LogP contribution in [0.15, 0.2) is 30.3 Å². The molecule has 0 spiro atoms. The molecule has 13 heavy (non-hydrogen) atoms. The number of para-hydroxylation sites is 1. The summed E-state index contributed by atoms with van der Waals surface area (Å²) >= 11 is 2.31. The van der Waals surface area contributed by atoms with Crippen molar-refractivity contribution in [3.63, 3.8) is 0 Å². The van der Waals surface area contributed by atoms with Crippen molar-refractivity contribution >= 4 is 27.6 Å². The van der Waals surface area contributed by atoms with E-state index in [0.29, 0.717) is 5.32 Å². The van der Waals surface area contributed by atoms with E-state index in [1.165, 1.54) is 0 Å². The third-order valence-corrected chi connectivity index (χ3v) is 2.39. The molecule has 1 rings (SSSR count). The molecule has 0 saturated carbocycles. The van der Waals surface area contributed by atoms with Gasteiger partial charge in [0.05, 0.1) is 0 Å². The van der Waals surface area contributed by atoms with Crippen LogP contribution in [0.4, 0.5) is 5.69 Å². The van der Waals surface area contributed by atoms with E-state index in [-0.39, 0.29) is 5.91 Å². The zero-order chi connectivity index (χ0) is 9.68. The van der Waals surface area contributed by atoms with Crippen molar-refractivity contribution in [2.45, 2.75) is 12.2 Å². The van der Waals surface area contributed by atoms with E-state index < -0.39 is 0 Å². The summed E-state index contributed by atoms with van der Waals surface area (Å²) in [6.45, 7) is 2.70. The number of amides is 1. The first-order valence-corrected chi connectivity index (χ1v) is 5.58. The van der Waals surface area contributed by atoms with Gasteiger partial charge in [0.25, 0.3) is 0 Å². The van der Waals surface area contributed by atoms with Crippen LogP contribution < -0.4 is 4.90 Å². The maximum absolute atomic E-state index is 11.5. The second-order valence-corrected chi connectivity index (χ2v) is 3.30. The Morgan fingerprint density at radius 2 is 2.00 bits per heavy atom. The van der Waals surface area contributed by atoms with Crippen molar-refractivity contribution in [3.8, 4) is 0 Å². The summed E-state index contributed by atoms with van der Waals surface area (Å²) in [5, 5.41) is 0.496. The molecule has 0 N–H and O–H groups in total. The Balaban J connectivity index is 2.85. The van der Waals surface area contributed by atoms with Gasteiger partial charge in [-0.05, 0) is 0 Å². The summed E-state index contributed by atoms with van der Waals surface area (Å²) in [5.41, 5.74) is 0.973. The Morgan fingerprint density at radius 1 is 1.38 bits per heavy atom. The number of benzene rings is 1. The third-order valence-electron chi connectivity index (χ3n) is 1.82. The Labute approximate surface area is 86.7 Å². The number of nitrogens with zero attached hydrogens (tertiary/aromatic N) is 1. The molecule has 3 heteroatoms. The van der Waals surface area contributed by atoms with Crippen LogP contribution in [0.3, 0.4) is 0 Å². The van der Waals surface area contributed by atoms with Crippen LogP contribution in [0.25, 0.3) is 0 Å². The zero-order valence-corrected chi connectivity index (χ0v) is 9.48. The second-order valence-electron chi connectivity index (χ2n) is 2.63. The molecule has 0 bridgehead atoms. The molecule has 0 heterocycles. The average Bonchev–Trinajstić information content (AvgIpc) is 2.20. The minimum atomic E-state index is 0.147. The van der Waals surface area contributed by atoms with Crippen LogP contribution in [0.1, 0.15) is 6.92 Å². The van der Waals surface area contributed by atoms with Gasteiger partial charge in [-0.25, -0.2) is 0 Å². The molecule has 0 aliphatic rings. The van der Waals surface area contributed by atoms with Gasteiger partial charge < -0.3 is 0 Å². The van der Waals surface area contributed by atoms with Crippen LogP contribution in [0, 0.1) is 0 Å². The molecule has 0 unspecified atom stereocenters. The van der Waals surface area contributed by atoms with Gasteiger partial charge in [-0.3, -0.25) is 0 Å². The van der Waals surface area contributed by atoms with Crippen molar-refractivity contribution in [2.75, 3.05) is 11.4 Å². The Kier molecular flexibility index (Phi) is 4.00. The average molecular weight is 242 g/mol. The van der Waals surface area contributed by atoms with E-state index in [0.717, 1.165) is 12.2 Å². The summed E-state index contributed by atoms with van der Waals surface area (Å²) in [7, 11) is 0. The molecule has 70 valence electrons. The van der Waals surface area contributed by atoms with Crippen molar-refractivity contribution in [1.82, 2.24) is 0 Å². The summed E-state index contributed by atoms with van der Waals surface area (Å²) in [5.74, 6) is 0.147. The normalized spacial score (nSPS) is 9.69. The Hall–Kier alpha value is -0.791. The number of anilines is 1. The molecule has 0 aliphatic carbocycles. The van der Waals surface area contributed by atoms with Crippen LogP contribution in [0.2, 0.25) is 5.32 Å². The number of hydrogen-bond acceptors (Lipinski definition) is 1. The van der Waals surface area contributed by atoms with E-state index in [1.54, 1.807) is 4.90 Å². The second kappa shape index (κ2) is 5.05. The molecule has 0 fully saturated rings. The summed E-state index contributed by atoms with van der Waals surface area (Å²) in [6.07, 6.45) is 0. The van der Waals surface area contributed by atoms with Gasteiger partial charge in [0.2, 0.25) is 0 Å². The van der Waals surface area contributed by atoms with Gasteiger partial charge in [-0.15, -0.1) is 0 Å². The first-order chi connectivity index (χ1) is 6.29. The van der Waals surface area contributed by atoms with Crippen LogP contribution in [-0.2, 0) is 4.79 Å². The first-order valence-electron chi connectivity index (χ1n) is 4.26. The van der Waals surface area contributed by atoms with Crippen molar-refractivity contribution in [2.24, 2.45) is 0 Å². The molecule has 0 saturated heterocycles. The Bertz CT molecular complexity index is 274. The fourth-order valence-corrected chi connectivity index (χ4v) is 1.55. The van der Waals surface area contributed by atoms with Gasteiger partial charge in [-0.2, -0.15) is 0 Å². The number of carbonyl (C=O) groups is 1. The van der Waals surface area contributed by atoms with Gasteiger partial charge in [-0.1, -0.05) is 0 Å². The summed E-state index contributed by atoms with van der Waals surface area (Å²) < 4.78 is 0. The quantitative estimate of drug-likeness (QED) is 0.733. The van der Waals surface area contributed by atoms with E-state index >= 15 is 0 Å². The van der Waals surface area contributed by atoms with Crippen LogP contribution >= 0.6 is 0 Å². The standard InChI is InChI=1S/C10H13NOSe/c1-2-11(10(12)8-13)9-6-4-3-5-7-9/h3-7,13H,2,8H2,1H3. The third kappa shape index (κ3) is 2.58. The van der Waals surface area contributed by atoms with Crippen molar-refractivity contribution < 1.29 is 4.79 Å². The number of carbonyl (C=O) groups excluding carboxylic acids is 1. The Morgan fingerprint density at radius 3 is 2.46 bits per heavy atom. The summed E-state index contributed by atoms with van der Waals surface area (Å²) in [6, 6.07) is 9.73. The molecule has 1 amide bonds. The summed E-state index contributed by atoms with van der Waals surface area (Å²) in [4.78, 5) is 13.2. The maximum atomic E-state index is 11.5. The molecular formula is C10H13NOSe. The van der Waals surface area contributed by atoms with E-state index in [2.05, 4.69) is 16.0 Å². The fraction of sp³-hybridized carbons (Fsp3) is 0.300. The molecule has 1 aromatic rings. The first kappa shape index (κ1) is 10.3. The fourth-order valence-electron chi connectivity index (χ4n) is 1.20. The van der Waals surface area contributed by atoms with Gasteiger partial charge in [0.15, 0.2) is 0 Å². The van der Waals surface area contributed by atoms with E-state index in [9.17, 15) is 4.79 Å². The molecule has 1 aromatic carbocycles. The minimum absolute atomic E-state index is 0.147. The predicted octanol–water partition coefficient (Wildman–Crippen LogP) is 1.36. The molecule has 0 atom stereocenters. The van der Waals surface area contributed by atoms with Crippen LogP contribution in [-0.4, -0.2) is 28.5 Å². The number of hydrogen-bond donors (Lipinski definition) is 0. The monoisotopic (exact) mass is 243 g/mol. The molecule has 0 radical (unpaired) electrons. The zero-order valence-electron chi connectivity index (χ0n) is 7.60. The van der Waals surface area contributed by atoms with Gasteiger partial charge >= 0.3 is 86.4 Å². The number of rotatable bonds is 3. The van der Waals surface area contributed by atoms with Gasteiger partial charge in [0, 0.05) is 0 Å².